The van der Waals surface area contributed by atoms with Crippen LogP contribution in [0, 0.1) is 0 Å². The van der Waals surface area contributed by atoms with Gasteiger partial charge >= 0.3 is 5.97 Å². The Kier molecular flexibility index (Phi) is 2.52. The van der Waals surface area contributed by atoms with E-state index in [1.807, 2.05) is 6.92 Å². The summed E-state index contributed by atoms with van der Waals surface area (Å²) in [4.78, 5) is 14.5. The fourth-order valence-corrected chi connectivity index (χ4v) is 1.79. The van der Waals surface area contributed by atoms with E-state index < -0.39 is 5.97 Å². The summed E-state index contributed by atoms with van der Waals surface area (Å²) >= 11 is 3.20. The molecular formula is C7H9BrN2O2. The van der Waals surface area contributed by atoms with Crippen molar-refractivity contribution in [3.8, 4) is 0 Å². The van der Waals surface area contributed by atoms with E-state index in [9.17, 15) is 4.79 Å². The van der Waals surface area contributed by atoms with Crippen molar-refractivity contribution in [2.24, 2.45) is 7.05 Å². The number of nitrogens with zero attached hydrogens (tertiary/aromatic N) is 2. The number of aromatic carboxylic acids is 1. The highest BCUT2D eigenvalue weighted by atomic mass is 79.9. The standard InChI is InChI=1S/C7H9BrN2O2/c1-3-4-5(8)9-6(7(11)12)10(4)2/h3H2,1-2H3,(H,11,12). The zero-order chi connectivity index (χ0) is 9.30. The van der Waals surface area contributed by atoms with Gasteiger partial charge in [0.05, 0.1) is 5.69 Å². The second-order valence-corrected chi connectivity index (χ2v) is 3.14. The van der Waals surface area contributed by atoms with Crippen LogP contribution >= 0.6 is 15.9 Å². The molecule has 1 N–H and O–H groups in total. The normalized spacial score (nSPS) is 10.2. The molecule has 5 heteroatoms. The SMILES string of the molecule is CCc1c(Br)nc(C(=O)O)n1C. The van der Waals surface area contributed by atoms with Crippen molar-refractivity contribution in [2.45, 2.75) is 13.3 Å². The van der Waals surface area contributed by atoms with Crippen molar-refractivity contribution < 1.29 is 9.90 Å². The third-order valence-corrected chi connectivity index (χ3v) is 2.33. The maximum atomic E-state index is 10.6. The average molecular weight is 233 g/mol. The number of carboxylic acids is 1. The van der Waals surface area contributed by atoms with Gasteiger partial charge in [-0.2, -0.15) is 0 Å². The molecule has 0 aliphatic heterocycles. The minimum Gasteiger partial charge on any atom is -0.475 e. The highest BCUT2D eigenvalue weighted by Gasteiger charge is 2.15. The van der Waals surface area contributed by atoms with Gasteiger partial charge in [-0.25, -0.2) is 9.78 Å². The topological polar surface area (TPSA) is 55.1 Å². The van der Waals surface area contributed by atoms with E-state index in [-0.39, 0.29) is 5.82 Å². The summed E-state index contributed by atoms with van der Waals surface area (Å²) < 4.78 is 2.19. The molecule has 0 fully saturated rings. The van der Waals surface area contributed by atoms with Gasteiger partial charge in [-0.15, -0.1) is 0 Å². The highest BCUT2D eigenvalue weighted by molar-refractivity contribution is 9.10. The van der Waals surface area contributed by atoms with Crippen LogP contribution in [0.15, 0.2) is 4.60 Å². The molecular weight excluding hydrogens is 224 g/mol. The summed E-state index contributed by atoms with van der Waals surface area (Å²) in [6, 6.07) is 0. The summed E-state index contributed by atoms with van der Waals surface area (Å²) in [5.41, 5.74) is 0.896. The predicted molar refractivity (Wildman–Crippen MR) is 47.2 cm³/mol. The van der Waals surface area contributed by atoms with Crippen LogP contribution in [0.25, 0.3) is 0 Å². The molecule has 1 aromatic rings. The molecule has 12 heavy (non-hydrogen) atoms. The van der Waals surface area contributed by atoms with E-state index in [0.717, 1.165) is 12.1 Å². The molecule has 0 aliphatic carbocycles. The second kappa shape index (κ2) is 3.26. The molecule has 66 valence electrons. The molecule has 0 amide bonds. The average Bonchev–Trinajstić information content (AvgIpc) is 2.27. The summed E-state index contributed by atoms with van der Waals surface area (Å²) in [5.74, 6) is -0.934. The molecule has 0 unspecified atom stereocenters. The molecule has 4 nitrogen and oxygen atoms in total. The Balaban J connectivity index is 3.26. The minimum absolute atomic E-state index is 0.0683. The lowest BCUT2D eigenvalue weighted by molar-refractivity contribution is 0.0679. The van der Waals surface area contributed by atoms with Crippen LogP contribution in [-0.4, -0.2) is 20.6 Å². The molecule has 0 bridgehead atoms. The van der Waals surface area contributed by atoms with Gasteiger partial charge in [0, 0.05) is 7.05 Å². The predicted octanol–water partition coefficient (Wildman–Crippen LogP) is 1.44. The zero-order valence-electron chi connectivity index (χ0n) is 6.83. The second-order valence-electron chi connectivity index (χ2n) is 2.39. The van der Waals surface area contributed by atoms with E-state index in [4.69, 9.17) is 5.11 Å². The lowest BCUT2D eigenvalue weighted by Gasteiger charge is -1.99. The fourth-order valence-electron chi connectivity index (χ4n) is 1.07. The summed E-state index contributed by atoms with van der Waals surface area (Å²) in [6.07, 6.45) is 0.761. The van der Waals surface area contributed by atoms with E-state index in [0.29, 0.717) is 4.60 Å². The first-order valence-electron chi connectivity index (χ1n) is 3.52. The molecule has 0 aromatic carbocycles. The van der Waals surface area contributed by atoms with Gasteiger partial charge in [0.15, 0.2) is 0 Å². The van der Waals surface area contributed by atoms with Crippen LogP contribution in [0.2, 0.25) is 0 Å². The van der Waals surface area contributed by atoms with Crippen LogP contribution in [0.5, 0.6) is 0 Å². The lowest BCUT2D eigenvalue weighted by atomic mass is 10.4. The van der Waals surface area contributed by atoms with E-state index >= 15 is 0 Å². The van der Waals surface area contributed by atoms with Crippen LogP contribution in [0.4, 0.5) is 0 Å². The van der Waals surface area contributed by atoms with Gasteiger partial charge < -0.3 is 9.67 Å². The number of carbonyl (C=O) groups is 1. The Morgan fingerprint density at radius 3 is 2.58 bits per heavy atom. The Morgan fingerprint density at radius 2 is 2.33 bits per heavy atom. The van der Waals surface area contributed by atoms with Crippen LogP contribution in [-0.2, 0) is 13.5 Å². The maximum absolute atomic E-state index is 10.6. The number of rotatable bonds is 2. The van der Waals surface area contributed by atoms with Gasteiger partial charge in [0.25, 0.3) is 0 Å². The number of carboxylic acid groups (broad SMARTS) is 1. The van der Waals surface area contributed by atoms with Gasteiger partial charge in [-0.3, -0.25) is 0 Å². The summed E-state index contributed by atoms with van der Waals surface area (Å²) in [6.45, 7) is 1.95. The molecule has 1 aromatic heterocycles. The Labute approximate surface area is 78.4 Å². The van der Waals surface area contributed by atoms with Crippen LogP contribution in [0.1, 0.15) is 23.2 Å². The van der Waals surface area contributed by atoms with Gasteiger partial charge in [0.1, 0.15) is 4.60 Å². The molecule has 0 saturated carbocycles. The minimum atomic E-state index is -1.00. The van der Waals surface area contributed by atoms with E-state index in [1.54, 1.807) is 11.6 Å². The number of hydrogen-bond acceptors (Lipinski definition) is 2. The molecule has 1 rings (SSSR count). The number of halogens is 1. The molecule has 0 spiro atoms. The van der Waals surface area contributed by atoms with Crippen molar-refractivity contribution in [3.05, 3.63) is 16.1 Å². The lowest BCUT2D eigenvalue weighted by Crippen LogP contribution is -2.07. The van der Waals surface area contributed by atoms with Crippen molar-refractivity contribution in [1.29, 1.82) is 0 Å². The van der Waals surface area contributed by atoms with Crippen LogP contribution < -0.4 is 0 Å². The molecule has 0 atom stereocenters. The number of aromatic nitrogens is 2. The fraction of sp³-hybridized carbons (Fsp3) is 0.429. The molecule has 0 radical (unpaired) electrons. The van der Waals surface area contributed by atoms with E-state index in [1.165, 1.54) is 0 Å². The quantitative estimate of drug-likeness (QED) is 0.840. The van der Waals surface area contributed by atoms with Gasteiger partial charge in [-0.05, 0) is 22.4 Å². The largest absolute Gasteiger partial charge is 0.475 e. The number of hydrogen-bond donors (Lipinski definition) is 1. The van der Waals surface area contributed by atoms with Crippen molar-refractivity contribution in [1.82, 2.24) is 9.55 Å². The van der Waals surface area contributed by atoms with Crippen molar-refractivity contribution >= 4 is 21.9 Å². The Hall–Kier alpha value is -0.840. The van der Waals surface area contributed by atoms with Crippen molar-refractivity contribution in [3.63, 3.8) is 0 Å². The molecule has 0 saturated heterocycles. The van der Waals surface area contributed by atoms with E-state index in [2.05, 4.69) is 20.9 Å². The first-order chi connectivity index (χ1) is 5.57. The third kappa shape index (κ3) is 1.36. The van der Waals surface area contributed by atoms with Gasteiger partial charge in [-0.1, -0.05) is 6.92 Å². The number of imidazole rings is 1. The van der Waals surface area contributed by atoms with Crippen LogP contribution in [0.3, 0.4) is 0 Å². The summed E-state index contributed by atoms with van der Waals surface area (Å²) in [5, 5.41) is 8.69. The maximum Gasteiger partial charge on any atom is 0.372 e. The van der Waals surface area contributed by atoms with Gasteiger partial charge in [0.2, 0.25) is 5.82 Å². The first kappa shape index (κ1) is 9.25. The zero-order valence-corrected chi connectivity index (χ0v) is 8.42. The summed E-state index contributed by atoms with van der Waals surface area (Å²) in [7, 11) is 1.69. The Morgan fingerprint density at radius 1 is 1.75 bits per heavy atom. The third-order valence-electron chi connectivity index (χ3n) is 1.69. The first-order valence-corrected chi connectivity index (χ1v) is 4.31. The smallest absolute Gasteiger partial charge is 0.372 e. The monoisotopic (exact) mass is 232 g/mol. The van der Waals surface area contributed by atoms with Crippen molar-refractivity contribution in [2.75, 3.05) is 0 Å². The Bertz CT molecular complexity index is 319. The molecule has 1 heterocycles. The highest BCUT2D eigenvalue weighted by Crippen LogP contribution is 2.16. The molecule has 0 aliphatic rings.